The van der Waals surface area contributed by atoms with Crippen molar-refractivity contribution in [1.29, 1.82) is 0 Å². The van der Waals surface area contributed by atoms with Gasteiger partial charge in [0.25, 0.3) is 0 Å². The molecule has 39 heavy (non-hydrogen) atoms. The Morgan fingerprint density at radius 1 is 0.487 bits per heavy atom. The smallest absolute Gasteiger partial charge is 0.0788 e. The normalized spacial score (nSPS) is 11.6. The van der Waals surface area contributed by atoms with E-state index in [2.05, 4.69) is 102 Å². The van der Waals surface area contributed by atoms with Crippen LogP contribution in [0.25, 0.3) is 75.6 Å². The number of aromatic nitrogens is 3. The summed E-state index contributed by atoms with van der Waals surface area (Å²) in [5, 5.41) is 6.21. The monoisotopic (exact) mass is 515 g/mol. The van der Waals surface area contributed by atoms with Crippen LogP contribution in [0.15, 0.2) is 128 Å². The Kier molecular flexibility index (Phi) is 5.00. The lowest BCUT2D eigenvalue weighted by molar-refractivity contribution is 1.29. The Bertz CT molecular complexity index is 2170. The molecule has 8 aromatic rings. The van der Waals surface area contributed by atoms with Crippen LogP contribution in [0.3, 0.4) is 0 Å². The van der Waals surface area contributed by atoms with Gasteiger partial charge in [0, 0.05) is 65.4 Å². The summed E-state index contributed by atoms with van der Waals surface area (Å²) >= 11 is 1.86. The summed E-state index contributed by atoms with van der Waals surface area (Å²) < 4.78 is 2.61. The van der Waals surface area contributed by atoms with E-state index in [1.54, 1.807) is 12.4 Å². The van der Waals surface area contributed by atoms with E-state index in [1.165, 1.54) is 30.9 Å². The maximum atomic E-state index is 5.27. The number of hydrogen-bond donors (Lipinski definition) is 0. The Balaban J connectivity index is 1.42. The van der Waals surface area contributed by atoms with Crippen molar-refractivity contribution in [3.8, 4) is 33.8 Å². The molecule has 0 atom stereocenters. The maximum absolute atomic E-state index is 5.27. The minimum absolute atomic E-state index is 0.925. The number of thiophene rings is 1. The number of hydrogen-bond acceptors (Lipinski definition) is 4. The van der Waals surface area contributed by atoms with Crippen LogP contribution in [-0.4, -0.2) is 15.0 Å². The highest BCUT2D eigenvalue weighted by molar-refractivity contribution is 7.26. The fourth-order valence-electron chi connectivity index (χ4n) is 5.52. The number of benzene rings is 4. The summed E-state index contributed by atoms with van der Waals surface area (Å²) in [5.74, 6) is 0. The Labute approximate surface area is 229 Å². The molecule has 0 aliphatic rings. The van der Waals surface area contributed by atoms with E-state index in [4.69, 9.17) is 9.97 Å². The molecule has 0 amide bonds. The number of nitrogens with zero attached hydrogens (tertiary/aromatic N) is 3. The summed E-state index contributed by atoms with van der Waals surface area (Å²) in [6, 6.07) is 40.4. The van der Waals surface area contributed by atoms with Crippen molar-refractivity contribution < 1.29 is 0 Å². The third-order valence-electron chi connectivity index (χ3n) is 7.37. The predicted octanol–water partition coefficient (Wildman–Crippen LogP) is 9.55. The minimum Gasteiger partial charge on any atom is -0.265 e. The van der Waals surface area contributed by atoms with Gasteiger partial charge in [-0.1, -0.05) is 78.9 Å². The van der Waals surface area contributed by atoms with Gasteiger partial charge in [-0.2, -0.15) is 0 Å². The van der Waals surface area contributed by atoms with E-state index in [-0.39, 0.29) is 0 Å². The van der Waals surface area contributed by atoms with Gasteiger partial charge >= 0.3 is 0 Å². The number of rotatable bonds is 3. The molecule has 4 aromatic carbocycles. The Morgan fingerprint density at radius 3 is 2.10 bits per heavy atom. The molecule has 4 heterocycles. The molecule has 0 radical (unpaired) electrons. The van der Waals surface area contributed by atoms with Gasteiger partial charge in [-0.3, -0.25) is 4.98 Å². The van der Waals surface area contributed by atoms with Gasteiger partial charge in [0.15, 0.2) is 0 Å². The topological polar surface area (TPSA) is 38.7 Å². The molecule has 0 aliphatic carbocycles. The highest BCUT2D eigenvalue weighted by Gasteiger charge is 2.16. The van der Waals surface area contributed by atoms with Crippen LogP contribution in [0.1, 0.15) is 0 Å². The van der Waals surface area contributed by atoms with Crippen LogP contribution < -0.4 is 0 Å². The third kappa shape index (κ3) is 3.61. The van der Waals surface area contributed by atoms with Crippen molar-refractivity contribution in [1.82, 2.24) is 15.0 Å². The molecule has 3 nitrogen and oxygen atoms in total. The van der Waals surface area contributed by atoms with Crippen molar-refractivity contribution in [3.05, 3.63) is 128 Å². The molecule has 0 N–H and O–H groups in total. The van der Waals surface area contributed by atoms with E-state index < -0.39 is 0 Å². The van der Waals surface area contributed by atoms with Gasteiger partial charge in [0.05, 0.1) is 22.6 Å². The summed E-state index contributed by atoms with van der Waals surface area (Å²) in [5.41, 5.74) is 7.05. The number of fused-ring (bicyclic) bond motifs is 7. The first-order valence-electron chi connectivity index (χ1n) is 12.9. The molecule has 0 saturated carbocycles. The lowest BCUT2D eigenvalue weighted by Gasteiger charge is -2.12. The molecular formula is C35H21N3S. The quantitative estimate of drug-likeness (QED) is 0.220. The van der Waals surface area contributed by atoms with Crippen molar-refractivity contribution >= 4 is 53.2 Å². The Hall–Kier alpha value is -4.93. The molecule has 4 heteroatoms. The second-order valence-electron chi connectivity index (χ2n) is 9.67. The summed E-state index contributed by atoms with van der Waals surface area (Å²) in [4.78, 5) is 14.4. The summed E-state index contributed by atoms with van der Waals surface area (Å²) in [6.45, 7) is 0. The fourth-order valence-corrected chi connectivity index (χ4v) is 6.79. The molecule has 0 saturated heterocycles. The zero-order valence-corrected chi connectivity index (χ0v) is 21.7. The average Bonchev–Trinajstić information content (AvgIpc) is 3.40. The zero-order valence-electron chi connectivity index (χ0n) is 20.9. The van der Waals surface area contributed by atoms with Crippen LogP contribution in [0.5, 0.6) is 0 Å². The van der Waals surface area contributed by atoms with Gasteiger partial charge in [-0.25, -0.2) is 9.97 Å². The molecule has 0 aliphatic heterocycles. The lowest BCUT2D eigenvalue weighted by atomic mass is 9.97. The second kappa shape index (κ2) is 8.83. The standard InChI is InChI=1S/C35H21N3S/c1-2-7-23(8-3-1)34-28-16-15-26-25-9-4-5-12-32(25)39-35(26)33(28)27-14-13-24(21-31(27)38-34)30-11-6-10-29(37-30)22-17-19-36-20-18-22/h1-21H. The highest BCUT2D eigenvalue weighted by atomic mass is 32.1. The first kappa shape index (κ1) is 22.1. The van der Waals surface area contributed by atoms with E-state index in [0.29, 0.717) is 0 Å². The molecular weight excluding hydrogens is 494 g/mol. The minimum atomic E-state index is 0.925. The van der Waals surface area contributed by atoms with E-state index >= 15 is 0 Å². The largest absolute Gasteiger partial charge is 0.265 e. The van der Waals surface area contributed by atoms with Crippen LogP contribution in [-0.2, 0) is 0 Å². The molecule has 0 bridgehead atoms. The van der Waals surface area contributed by atoms with Crippen molar-refractivity contribution in [3.63, 3.8) is 0 Å². The molecule has 4 aromatic heterocycles. The molecule has 8 rings (SSSR count). The van der Waals surface area contributed by atoms with E-state index in [9.17, 15) is 0 Å². The van der Waals surface area contributed by atoms with E-state index in [1.807, 2.05) is 29.5 Å². The third-order valence-corrected chi connectivity index (χ3v) is 8.57. The first-order valence-corrected chi connectivity index (χ1v) is 13.8. The van der Waals surface area contributed by atoms with E-state index in [0.717, 1.165) is 44.7 Å². The molecule has 0 fully saturated rings. The molecule has 0 spiro atoms. The second-order valence-corrected chi connectivity index (χ2v) is 10.7. The van der Waals surface area contributed by atoms with Gasteiger partial charge in [-0.15, -0.1) is 11.3 Å². The molecule has 182 valence electrons. The summed E-state index contributed by atoms with van der Waals surface area (Å²) in [6.07, 6.45) is 3.60. The van der Waals surface area contributed by atoms with Crippen LogP contribution >= 0.6 is 11.3 Å². The van der Waals surface area contributed by atoms with Crippen LogP contribution in [0.4, 0.5) is 0 Å². The van der Waals surface area contributed by atoms with Crippen molar-refractivity contribution in [2.75, 3.05) is 0 Å². The maximum Gasteiger partial charge on any atom is 0.0788 e. The van der Waals surface area contributed by atoms with Crippen molar-refractivity contribution in [2.24, 2.45) is 0 Å². The van der Waals surface area contributed by atoms with Crippen molar-refractivity contribution in [2.45, 2.75) is 0 Å². The van der Waals surface area contributed by atoms with Gasteiger partial charge in [0.1, 0.15) is 0 Å². The van der Waals surface area contributed by atoms with Gasteiger partial charge in [-0.05, 0) is 36.4 Å². The summed E-state index contributed by atoms with van der Waals surface area (Å²) in [7, 11) is 0. The van der Waals surface area contributed by atoms with Gasteiger partial charge < -0.3 is 0 Å². The zero-order chi connectivity index (χ0) is 25.8. The lowest BCUT2D eigenvalue weighted by Crippen LogP contribution is -1.92. The van der Waals surface area contributed by atoms with Crippen LogP contribution in [0.2, 0.25) is 0 Å². The highest BCUT2D eigenvalue weighted by Crippen LogP contribution is 2.43. The fraction of sp³-hybridized carbons (Fsp3) is 0. The first-order chi connectivity index (χ1) is 19.3. The number of pyridine rings is 3. The Morgan fingerprint density at radius 2 is 1.23 bits per heavy atom. The predicted molar refractivity (Wildman–Crippen MR) is 164 cm³/mol. The van der Waals surface area contributed by atoms with Gasteiger partial charge in [0.2, 0.25) is 0 Å². The molecule has 0 unspecified atom stereocenters. The average molecular weight is 516 g/mol. The SMILES string of the molecule is c1ccc(-c2nc3cc(-c4cccc(-c5ccncc5)n4)ccc3c3c2ccc2c4ccccc4sc23)cc1. The van der Waals surface area contributed by atoms with Crippen LogP contribution in [0, 0.1) is 0 Å².